The SMILES string of the molecule is CCNC(C)CCCn1ncc(=O)c2ccccc21. The number of para-hydroxylation sites is 1. The van der Waals surface area contributed by atoms with Crippen molar-refractivity contribution in [2.24, 2.45) is 0 Å². The Hall–Kier alpha value is -1.68. The smallest absolute Gasteiger partial charge is 0.207 e. The van der Waals surface area contributed by atoms with E-state index in [1.165, 1.54) is 6.20 Å². The van der Waals surface area contributed by atoms with Crippen LogP contribution in [0.2, 0.25) is 0 Å². The fourth-order valence-electron chi connectivity index (χ4n) is 2.34. The van der Waals surface area contributed by atoms with E-state index in [1.807, 2.05) is 28.9 Å². The topological polar surface area (TPSA) is 46.9 Å². The first-order chi connectivity index (χ1) is 9.22. The summed E-state index contributed by atoms with van der Waals surface area (Å²) in [5.41, 5.74) is 0.916. The molecule has 0 radical (unpaired) electrons. The maximum absolute atomic E-state index is 11.7. The Morgan fingerprint density at radius 2 is 2.16 bits per heavy atom. The highest BCUT2D eigenvalue weighted by molar-refractivity contribution is 5.77. The summed E-state index contributed by atoms with van der Waals surface area (Å²) >= 11 is 0. The van der Waals surface area contributed by atoms with Crippen molar-refractivity contribution in [3.05, 3.63) is 40.7 Å². The first-order valence-corrected chi connectivity index (χ1v) is 6.90. The van der Waals surface area contributed by atoms with Gasteiger partial charge in [-0.15, -0.1) is 0 Å². The molecule has 1 aromatic carbocycles. The van der Waals surface area contributed by atoms with E-state index >= 15 is 0 Å². The second kappa shape index (κ2) is 6.48. The highest BCUT2D eigenvalue weighted by Crippen LogP contribution is 2.09. The van der Waals surface area contributed by atoms with Crippen molar-refractivity contribution in [2.45, 2.75) is 39.3 Å². The molecular weight excluding hydrogens is 238 g/mol. The molecule has 2 rings (SSSR count). The van der Waals surface area contributed by atoms with Crippen LogP contribution in [0, 0.1) is 0 Å². The van der Waals surface area contributed by atoms with Gasteiger partial charge in [-0.25, -0.2) is 0 Å². The summed E-state index contributed by atoms with van der Waals surface area (Å²) in [6.07, 6.45) is 3.57. The van der Waals surface area contributed by atoms with E-state index in [0.29, 0.717) is 6.04 Å². The molecule has 0 amide bonds. The van der Waals surface area contributed by atoms with E-state index in [1.54, 1.807) is 0 Å². The highest BCUT2D eigenvalue weighted by atomic mass is 16.1. The van der Waals surface area contributed by atoms with Crippen LogP contribution in [0.4, 0.5) is 0 Å². The largest absolute Gasteiger partial charge is 0.315 e. The van der Waals surface area contributed by atoms with Crippen LogP contribution in [0.3, 0.4) is 0 Å². The molecule has 1 unspecified atom stereocenters. The van der Waals surface area contributed by atoms with Crippen LogP contribution in [0.5, 0.6) is 0 Å². The van der Waals surface area contributed by atoms with Crippen molar-refractivity contribution in [1.29, 1.82) is 0 Å². The minimum atomic E-state index is -0.00660. The monoisotopic (exact) mass is 259 g/mol. The molecule has 1 atom stereocenters. The predicted molar refractivity (Wildman–Crippen MR) is 78.4 cm³/mol. The Labute approximate surface area is 113 Å². The van der Waals surface area contributed by atoms with Gasteiger partial charge in [0, 0.05) is 18.0 Å². The Bertz CT molecular complexity index is 591. The number of hydrogen-bond acceptors (Lipinski definition) is 3. The lowest BCUT2D eigenvalue weighted by molar-refractivity contribution is 0.474. The van der Waals surface area contributed by atoms with Gasteiger partial charge in [-0.3, -0.25) is 9.48 Å². The second-order valence-electron chi connectivity index (χ2n) is 4.85. The first kappa shape index (κ1) is 13.7. The number of hydrogen-bond donors (Lipinski definition) is 1. The van der Waals surface area contributed by atoms with Crippen LogP contribution in [-0.4, -0.2) is 22.4 Å². The molecule has 0 spiro atoms. The van der Waals surface area contributed by atoms with Crippen molar-refractivity contribution >= 4 is 10.9 Å². The average molecular weight is 259 g/mol. The van der Waals surface area contributed by atoms with Crippen LogP contribution < -0.4 is 10.7 Å². The molecule has 0 bridgehead atoms. The number of aryl methyl sites for hydroxylation is 1. The number of rotatable bonds is 6. The molecule has 0 saturated heterocycles. The maximum atomic E-state index is 11.7. The zero-order valence-electron chi connectivity index (χ0n) is 11.6. The zero-order chi connectivity index (χ0) is 13.7. The lowest BCUT2D eigenvalue weighted by atomic mass is 10.1. The fraction of sp³-hybridized carbons (Fsp3) is 0.467. The minimum Gasteiger partial charge on any atom is -0.315 e. The Morgan fingerprint density at radius 3 is 2.95 bits per heavy atom. The molecule has 4 nitrogen and oxygen atoms in total. The number of aromatic nitrogens is 2. The predicted octanol–water partition coefficient (Wildman–Crippen LogP) is 2.17. The average Bonchev–Trinajstić information content (AvgIpc) is 2.42. The molecule has 19 heavy (non-hydrogen) atoms. The summed E-state index contributed by atoms with van der Waals surface area (Å²) in [7, 11) is 0. The molecule has 1 heterocycles. The highest BCUT2D eigenvalue weighted by Gasteiger charge is 2.04. The summed E-state index contributed by atoms with van der Waals surface area (Å²) in [5.74, 6) is 0. The molecule has 1 N–H and O–H groups in total. The molecule has 0 aliphatic heterocycles. The van der Waals surface area contributed by atoms with E-state index in [9.17, 15) is 4.79 Å². The number of benzene rings is 1. The standard InChI is InChI=1S/C15H21N3O/c1-3-16-12(2)7-6-10-18-14-9-5-4-8-13(14)15(19)11-17-18/h4-5,8-9,11-12,16H,3,6-7,10H2,1-2H3. The van der Waals surface area contributed by atoms with Crippen LogP contribution in [0.25, 0.3) is 10.9 Å². The van der Waals surface area contributed by atoms with Gasteiger partial charge in [-0.05, 0) is 38.4 Å². The van der Waals surface area contributed by atoms with Gasteiger partial charge >= 0.3 is 0 Å². The molecule has 0 fully saturated rings. The molecule has 4 heteroatoms. The normalized spacial score (nSPS) is 12.7. The molecular formula is C15H21N3O. The summed E-state index contributed by atoms with van der Waals surface area (Å²) in [6, 6.07) is 8.17. The summed E-state index contributed by atoms with van der Waals surface area (Å²) in [6.45, 7) is 6.16. The van der Waals surface area contributed by atoms with E-state index in [4.69, 9.17) is 0 Å². The molecule has 0 saturated carbocycles. The van der Waals surface area contributed by atoms with Crippen molar-refractivity contribution < 1.29 is 0 Å². The van der Waals surface area contributed by atoms with Crippen LogP contribution in [-0.2, 0) is 6.54 Å². The van der Waals surface area contributed by atoms with Gasteiger partial charge in [0.15, 0.2) is 0 Å². The van der Waals surface area contributed by atoms with Gasteiger partial charge in [-0.2, -0.15) is 5.10 Å². The molecule has 0 aliphatic rings. The van der Waals surface area contributed by atoms with E-state index in [-0.39, 0.29) is 5.43 Å². The number of nitrogens with one attached hydrogen (secondary N) is 1. The summed E-state index contributed by atoms with van der Waals surface area (Å²) in [5, 5.41) is 8.38. The van der Waals surface area contributed by atoms with E-state index in [2.05, 4.69) is 24.3 Å². The summed E-state index contributed by atoms with van der Waals surface area (Å²) < 4.78 is 1.93. The van der Waals surface area contributed by atoms with E-state index in [0.717, 1.165) is 36.8 Å². The van der Waals surface area contributed by atoms with Gasteiger partial charge in [-0.1, -0.05) is 19.1 Å². The maximum Gasteiger partial charge on any atom is 0.207 e. The van der Waals surface area contributed by atoms with Crippen molar-refractivity contribution in [2.75, 3.05) is 6.54 Å². The Kier molecular flexibility index (Phi) is 4.68. The molecule has 1 aromatic heterocycles. The molecule has 102 valence electrons. The van der Waals surface area contributed by atoms with Crippen LogP contribution in [0.1, 0.15) is 26.7 Å². The molecule has 2 aromatic rings. The van der Waals surface area contributed by atoms with Crippen molar-refractivity contribution in [3.63, 3.8) is 0 Å². The fourth-order valence-corrected chi connectivity index (χ4v) is 2.34. The second-order valence-corrected chi connectivity index (χ2v) is 4.85. The number of fused-ring (bicyclic) bond motifs is 1. The van der Waals surface area contributed by atoms with E-state index < -0.39 is 0 Å². The van der Waals surface area contributed by atoms with Crippen molar-refractivity contribution in [3.8, 4) is 0 Å². The van der Waals surface area contributed by atoms with Gasteiger partial charge in [0.05, 0.1) is 11.7 Å². The van der Waals surface area contributed by atoms with Gasteiger partial charge < -0.3 is 5.32 Å². The zero-order valence-corrected chi connectivity index (χ0v) is 11.6. The third-order valence-corrected chi connectivity index (χ3v) is 3.32. The first-order valence-electron chi connectivity index (χ1n) is 6.90. The number of nitrogens with zero attached hydrogens (tertiary/aromatic N) is 2. The van der Waals surface area contributed by atoms with Crippen molar-refractivity contribution in [1.82, 2.24) is 15.1 Å². The molecule has 0 aliphatic carbocycles. The third kappa shape index (κ3) is 3.41. The van der Waals surface area contributed by atoms with Gasteiger partial charge in [0.2, 0.25) is 5.43 Å². The minimum absolute atomic E-state index is 0.00660. The van der Waals surface area contributed by atoms with Crippen LogP contribution >= 0.6 is 0 Å². The quantitative estimate of drug-likeness (QED) is 0.865. The lowest BCUT2D eigenvalue weighted by Crippen LogP contribution is -2.25. The third-order valence-electron chi connectivity index (χ3n) is 3.32. The summed E-state index contributed by atoms with van der Waals surface area (Å²) in [4.78, 5) is 11.7. The van der Waals surface area contributed by atoms with Crippen LogP contribution in [0.15, 0.2) is 35.3 Å². The lowest BCUT2D eigenvalue weighted by Gasteiger charge is -2.13. The Balaban J connectivity index is 2.09. The van der Waals surface area contributed by atoms with Gasteiger partial charge in [0.25, 0.3) is 0 Å². The van der Waals surface area contributed by atoms with Gasteiger partial charge in [0.1, 0.15) is 0 Å². The Morgan fingerprint density at radius 1 is 1.37 bits per heavy atom.